The molecule has 17 heavy (non-hydrogen) atoms. The standard InChI is InChI=1S/C15H18FN/c1-3-5-13-14-9-12(16)8-7-11(14)10-17-15(13)6-4-2/h7-10H,3-6H2,1-2H3. The highest BCUT2D eigenvalue weighted by Gasteiger charge is 2.08. The van der Waals surface area contributed by atoms with Crippen molar-refractivity contribution in [3.8, 4) is 0 Å². The second-order valence-corrected chi connectivity index (χ2v) is 4.42. The van der Waals surface area contributed by atoms with E-state index in [9.17, 15) is 4.39 Å². The third-order valence-electron chi connectivity index (χ3n) is 3.04. The lowest BCUT2D eigenvalue weighted by molar-refractivity contribution is 0.629. The zero-order valence-corrected chi connectivity index (χ0v) is 10.5. The zero-order valence-electron chi connectivity index (χ0n) is 10.5. The molecular formula is C15H18FN. The van der Waals surface area contributed by atoms with Crippen LogP contribution in [0.3, 0.4) is 0 Å². The van der Waals surface area contributed by atoms with Crippen LogP contribution in [0.15, 0.2) is 24.4 Å². The van der Waals surface area contributed by atoms with Crippen molar-refractivity contribution in [2.75, 3.05) is 0 Å². The molecule has 0 atom stereocenters. The molecule has 0 amide bonds. The monoisotopic (exact) mass is 231 g/mol. The van der Waals surface area contributed by atoms with Gasteiger partial charge in [-0.05, 0) is 42.0 Å². The van der Waals surface area contributed by atoms with Gasteiger partial charge < -0.3 is 0 Å². The Kier molecular flexibility index (Phi) is 3.72. The third kappa shape index (κ3) is 2.46. The maximum Gasteiger partial charge on any atom is 0.123 e. The normalized spacial score (nSPS) is 11.0. The van der Waals surface area contributed by atoms with Crippen molar-refractivity contribution >= 4 is 10.8 Å². The van der Waals surface area contributed by atoms with E-state index < -0.39 is 0 Å². The maximum atomic E-state index is 13.4. The van der Waals surface area contributed by atoms with E-state index in [4.69, 9.17) is 0 Å². The molecule has 1 aromatic heterocycles. The molecule has 0 unspecified atom stereocenters. The molecule has 0 aliphatic heterocycles. The van der Waals surface area contributed by atoms with Gasteiger partial charge in [0.15, 0.2) is 0 Å². The SMILES string of the molecule is CCCc1ncc2ccc(F)cc2c1CCC. The molecule has 2 aromatic rings. The van der Waals surface area contributed by atoms with E-state index in [1.54, 1.807) is 6.07 Å². The number of benzene rings is 1. The summed E-state index contributed by atoms with van der Waals surface area (Å²) in [4.78, 5) is 4.52. The molecule has 0 bridgehead atoms. The molecule has 1 aromatic carbocycles. The Bertz CT molecular complexity index is 520. The van der Waals surface area contributed by atoms with Gasteiger partial charge in [-0.3, -0.25) is 4.98 Å². The van der Waals surface area contributed by atoms with E-state index in [0.29, 0.717) is 0 Å². The summed E-state index contributed by atoms with van der Waals surface area (Å²) in [5.74, 6) is -0.163. The molecule has 0 saturated carbocycles. The molecule has 0 N–H and O–H groups in total. The second kappa shape index (κ2) is 5.26. The fraction of sp³-hybridized carbons (Fsp3) is 0.400. The van der Waals surface area contributed by atoms with Crippen LogP contribution in [0.1, 0.15) is 37.9 Å². The Hall–Kier alpha value is -1.44. The average Bonchev–Trinajstić information content (AvgIpc) is 2.33. The van der Waals surface area contributed by atoms with Gasteiger partial charge in [0.2, 0.25) is 0 Å². The van der Waals surface area contributed by atoms with Crippen LogP contribution in [0.2, 0.25) is 0 Å². The van der Waals surface area contributed by atoms with E-state index in [0.717, 1.165) is 42.1 Å². The first-order valence-corrected chi connectivity index (χ1v) is 6.32. The van der Waals surface area contributed by atoms with Crippen LogP contribution in [-0.4, -0.2) is 4.98 Å². The van der Waals surface area contributed by atoms with Crippen LogP contribution in [0, 0.1) is 5.82 Å². The van der Waals surface area contributed by atoms with Gasteiger partial charge >= 0.3 is 0 Å². The summed E-state index contributed by atoms with van der Waals surface area (Å²) in [6, 6.07) is 4.95. The molecule has 1 nitrogen and oxygen atoms in total. The molecule has 0 fully saturated rings. The van der Waals surface area contributed by atoms with Crippen molar-refractivity contribution in [2.45, 2.75) is 39.5 Å². The van der Waals surface area contributed by atoms with Crippen molar-refractivity contribution in [2.24, 2.45) is 0 Å². The Morgan fingerprint density at radius 1 is 1.12 bits per heavy atom. The summed E-state index contributed by atoms with van der Waals surface area (Å²) in [5, 5.41) is 2.07. The van der Waals surface area contributed by atoms with Gasteiger partial charge in [-0.15, -0.1) is 0 Å². The van der Waals surface area contributed by atoms with Gasteiger partial charge in [0.1, 0.15) is 5.82 Å². The van der Waals surface area contributed by atoms with E-state index in [2.05, 4.69) is 18.8 Å². The third-order valence-corrected chi connectivity index (χ3v) is 3.04. The molecule has 2 rings (SSSR count). The minimum absolute atomic E-state index is 0.163. The number of nitrogens with zero attached hydrogens (tertiary/aromatic N) is 1. The van der Waals surface area contributed by atoms with Crippen LogP contribution < -0.4 is 0 Å². The van der Waals surface area contributed by atoms with Crippen molar-refractivity contribution in [1.82, 2.24) is 4.98 Å². The Morgan fingerprint density at radius 2 is 1.88 bits per heavy atom. The lowest BCUT2D eigenvalue weighted by atomic mass is 9.98. The van der Waals surface area contributed by atoms with Crippen LogP contribution in [0.25, 0.3) is 10.8 Å². The van der Waals surface area contributed by atoms with Gasteiger partial charge in [-0.25, -0.2) is 4.39 Å². The molecule has 0 radical (unpaired) electrons. The molecular weight excluding hydrogens is 213 g/mol. The lowest BCUT2D eigenvalue weighted by Gasteiger charge is -2.11. The number of aryl methyl sites for hydroxylation is 2. The molecule has 0 aliphatic carbocycles. The second-order valence-electron chi connectivity index (χ2n) is 4.42. The highest BCUT2D eigenvalue weighted by Crippen LogP contribution is 2.24. The van der Waals surface area contributed by atoms with Crippen molar-refractivity contribution in [3.63, 3.8) is 0 Å². The van der Waals surface area contributed by atoms with Crippen LogP contribution in [0.5, 0.6) is 0 Å². The zero-order chi connectivity index (χ0) is 12.3. The van der Waals surface area contributed by atoms with Gasteiger partial charge in [-0.2, -0.15) is 0 Å². The number of fused-ring (bicyclic) bond motifs is 1. The molecule has 1 heterocycles. The lowest BCUT2D eigenvalue weighted by Crippen LogP contribution is -1.99. The molecule has 0 aliphatic rings. The van der Waals surface area contributed by atoms with Crippen molar-refractivity contribution in [1.29, 1.82) is 0 Å². The number of pyridine rings is 1. The van der Waals surface area contributed by atoms with E-state index in [1.165, 1.54) is 11.6 Å². The Labute approximate surface area is 102 Å². The van der Waals surface area contributed by atoms with Gasteiger partial charge in [0.25, 0.3) is 0 Å². The van der Waals surface area contributed by atoms with Crippen LogP contribution in [0.4, 0.5) is 4.39 Å². The first-order chi connectivity index (χ1) is 8.26. The van der Waals surface area contributed by atoms with Crippen LogP contribution >= 0.6 is 0 Å². The predicted octanol–water partition coefficient (Wildman–Crippen LogP) is 4.28. The topological polar surface area (TPSA) is 12.9 Å². The summed E-state index contributed by atoms with van der Waals surface area (Å²) in [6.07, 6.45) is 5.95. The molecule has 2 heteroatoms. The fourth-order valence-electron chi connectivity index (χ4n) is 2.26. The highest BCUT2D eigenvalue weighted by atomic mass is 19.1. The minimum atomic E-state index is -0.163. The summed E-state index contributed by atoms with van der Waals surface area (Å²) in [6.45, 7) is 4.29. The van der Waals surface area contributed by atoms with Crippen molar-refractivity contribution in [3.05, 3.63) is 41.5 Å². The molecule has 90 valence electrons. The van der Waals surface area contributed by atoms with Gasteiger partial charge in [-0.1, -0.05) is 26.7 Å². The number of rotatable bonds is 4. The minimum Gasteiger partial charge on any atom is -0.260 e. The smallest absolute Gasteiger partial charge is 0.123 e. The summed E-state index contributed by atoms with van der Waals surface area (Å²) < 4.78 is 13.4. The van der Waals surface area contributed by atoms with E-state index in [1.807, 2.05) is 12.3 Å². The van der Waals surface area contributed by atoms with Gasteiger partial charge in [0, 0.05) is 17.3 Å². The highest BCUT2D eigenvalue weighted by molar-refractivity contribution is 5.85. The summed E-state index contributed by atoms with van der Waals surface area (Å²) in [7, 11) is 0. The Morgan fingerprint density at radius 3 is 2.59 bits per heavy atom. The quantitative estimate of drug-likeness (QED) is 0.765. The maximum absolute atomic E-state index is 13.4. The van der Waals surface area contributed by atoms with E-state index in [-0.39, 0.29) is 5.82 Å². The Balaban J connectivity index is 2.63. The predicted molar refractivity (Wildman–Crippen MR) is 69.7 cm³/mol. The van der Waals surface area contributed by atoms with Gasteiger partial charge in [0.05, 0.1) is 0 Å². The first kappa shape index (κ1) is 12.0. The number of hydrogen-bond acceptors (Lipinski definition) is 1. The molecule has 0 spiro atoms. The van der Waals surface area contributed by atoms with Crippen molar-refractivity contribution < 1.29 is 4.39 Å². The largest absolute Gasteiger partial charge is 0.260 e. The number of halogens is 1. The van der Waals surface area contributed by atoms with Crippen LogP contribution in [-0.2, 0) is 12.8 Å². The number of hydrogen-bond donors (Lipinski definition) is 0. The fourth-order valence-corrected chi connectivity index (χ4v) is 2.26. The average molecular weight is 231 g/mol. The summed E-state index contributed by atoms with van der Waals surface area (Å²) >= 11 is 0. The molecule has 0 saturated heterocycles. The summed E-state index contributed by atoms with van der Waals surface area (Å²) in [5.41, 5.74) is 2.36. The van der Waals surface area contributed by atoms with E-state index >= 15 is 0 Å². The first-order valence-electron chi connectivity index (χ1n) is 6.32. The number of aromatic nitrogens is 1.